The van der Waals surface area contributed by atoms with Gasteiger partial charge in [0.15, 0.2) is 5.82 Å². The van der Waals surface area contributed by atoms with Gasteiger partial charge in [0.1, 0.15) is 17.5 Å². The molecule has 0 aliphatic rings. The Morgan fingerprint density at radius 3 is 2.45 bits per heavy atom. The number of halogens is 2. The molecule has 0 fully saturated rings. The summed E-state index contributed by atoms with van der Waals surface area (Å²) in [6.45, 7) is 1.49. The van der Waals surface area contributed by atoms with Crippen molar-refractivity contribution in [2.24, 2.45) is 5.73 Å². The molecule has 0 spiro atoms. The molecule has 0 saturated carbocycles. The summed E-state index contributed by atoms with van der Waals surface area (Å²) in [4.78, 5) is 12.0. The Kier molecular flexibility index (Phi) is 4.10. The molecule has 20 heavy (non-hydrogen) atoms. The molecule has 1 amide bonds. The summed E-state index contributed by atoms with van der Waals surface area (Å²) >= 11 is 0. The molecule has 2 aromatic carbocycles. The smallest absolute Gasteiger partial charge is 0.246 e. The summed E-state index contributed by atoms with van der Waals surface area (Å²) in [6.07, 6.45) is 0. The van der Waals surface area contributed by atoms with Crippen LogP contribution in [-0.2, 0) is 4.79 Å². The highest BCUT2D eigenvalue weighted by Gasteiger charge is 2.19. The minimum absolute atomic E-state index is 0.245. The fraction of sp³-hybridized carbons (Fsp3) is 0.133. The van der Waals surface area contributed by atoms with Crippen LogP contribution in [0.3, 0.4) is 0 Å². The first-order chi connectivity index (χ1) is 9.50. The third-order valence-corrected chi connectivity index (χ3v) is 2.97. The van der Waals surface area contributed by atoms with Crippen LogP contribution in [-0.4, -0.2) is 5.91 Å². The fourth-order valence-electron chi connectivity index (χ4n) is 1.78. The Bertz CT molecular complexity index is 629. The maximum Gasteiger partial charge on any atom is 0.246 e. The first-order valence-corrected chi connectivity index (χ1v) is 6.06. The van der Waals surface area contributed by atoms with E-state index in [0.717, 1.165) is 6.07 Å². The second-order valence-electron chi connectivity index (χ2n) is 4.43. The number of hydrogen-bond donors (Lipinski definition) is 2. The van der Waals surface area contributed by atoms with Crippen LogP contribution in [0, 0.1) is 18.6 Å². The van der Waals surface area contributed by atoms with E-state index in [2.05, 4.69) is 5.32 Å². The predicted molar refractivity (Wildman–Crippen MR) is 73.1 cm³/mol. The monoisotopic (exact) mass is 276 g/mol. The molecular formula is C15H14F2N2O. The van der Waals surface area contributed by atoms with Crippen molar-refractivity contribution in [1.29, 1.82) is 0 Å². The number of anilines is 1. The molecule has 5 heteroatoms. The van der Waals surface area contributed by atoms with Gasteiger partial charge in [0.05, 0.1) is 0 Å². The zero-order chi connectivity index (χ0) is 14.7. The molecule has 0 aliphatic heterocycles. The first kappa shape index (κ1) is 14.1. The molecule has 0 saturated heterocycles. The number of carbonyl (C=O) groups excluding carboxylic acids is 1. The number of carbonyl (C=O) groups is 1. The van der Waals surface area contributed by atoms with E-state index < -0.39 is 29.3 Å². The third kappa shape index (κ3) is 2.83. The van der Waals surface area contributed by atoms with E-state index >= 15 is 0 Å². The van der Waals surface area contributed by atoms with Crippen LogP contribution >= 0.6 is 0 Å². The van der Waals surface area contributed by atoms with Crippen molar-refractivity contribution in [3.8, 4) is 0 Å². The Hall–Kier alpha value is -2.27. The lowest BCUT2D eigenvalue weighted by atomic mass is 10.1. The molecule has 0 aliphatic carbocycles. The van der Waals surface area contributed by atoms with Crippen LogP contribution in [0.25, 0.3) is 0 Å². The second-order valence-corrected chi connectivity index (χ2v) is 4.43. The summed E-state index contributed by atoms with van der Waals surface area (Å²) in [7, 11) is 0. The van der Waals surface area contributed by atoms with E-state index in [1.54, 1.807) is 30.3 Å². The van der Waals surface area contributed by atoms with Crippen LogP contribution in [0.15, 0.2) is 42.5 Å². The Morgan fingerprint density at radius 1 is 1.15 bits per heavy atom. The number of nitrogens with one attached hydrogen (secondary N) is 1. The number of rotatable bonds is 3. The van der Waals surface area contributed by atoms with Crippen molar-refractivity contribution in [1.82, 2.24) is 0 Å². The lowest BCUT2D eigenvalue weighted by Crippen LogP contribution is -2.28. The molecule has 0 bridgehead atoms. The lowest BCUT2D eigenvalue weighted by Gasteiger charge is -2.14. The molecule has 3 N–H and O–H groups in total. The molecule has 1 atom stereocenters. The second kappa shape index (κ2) is 5.79. The predicted octanol–water partition coefficient (Wildman–Crippen LogP) is 2.91. The number of amides is 1. The molecule has 3 nitrogen and oxygen atoms in total. The average molecular weight is 276 g/mol. The van der Waals surface area contributed by atoms with E-state index in [1.165, 1.54) is 13.0 Å². The SMILES string of the molecule is Cc1ccc(F)c(NC(=O)[C@@H](N)c2ccccc2)c1F. The summed E-state index contributed by atoms with van der Waals surface area (Å²) in [5.74, 6) is -2.29. The molecule has 104 valence electrons. The minimum atomic E-state index is -0.990. The minimum Gasteiger partial charge on any atom is -0.320 e. The van der Waals surface area contributed by atoms with Gasteiger partial charge in [-0.25, -0.2) is 8.78 Å². The number of hydrogen-bond acceptors (Lipinski definition) is 2. The van der Waals surface area contributed by atoms with Gasteiger partial charge in [-0.1, -0.05) is 36.4 Å². The fourth-order valence-corrected chi connectivity index (χ4v) is 1.78. The topological polar surface area (TPSA) is 55.1 Å². The third-order valence-electron chi connectivity index (χ3n) is 2.97. The summed E-state index contributed by atoms with van der Waals surface area (Å²) < 4.78 is 27.4. The van der Waals surface area contributed by atoms with Gasteiger partial charge in [0, 0.05) is 0 Å². The van der Waals surface area contributed by atoms with E-state index in [1.807, 2.05) is 0 Å². The van der Waals surface area contributed by atoms with Gasteiger partial charge >= 0.3 is 0 Å². The highest BCUT2D eigenvalue weighted by Crippen LogP contribution is 2.23. The Balaban J connectivity index is 2.23. The van der Waals surface area contributed by atoms with Gasteiger partial charge in [-0.2, -0.15) is 0 Å². The van der Waals surface area contributed by atoms with E-state index in [9.17, 15) is 13.6 Å². The van der Waals surface area contributed by atoms with Crippen LogP contribution < -0.4 is 11.1 Å². The summed E-state index contributed by atoms with van der Waals surface area (Å²) in [5.41, 5.74) is 6.11. The molecule has 0 radical (unpaired) electrons. The van der Waals surface area contributed by atoms with Gasteiger partial charge in [-0.15, -0.1) is 0 Å². The zero-order valence-corrected chi connectivity index (χ0v) is 10.9. The van der Waals surface area contributed by atoms with Crippen molar-refractivity contribution in [3.63, 3.8) is 0 Å². The van der Waals surface area contributed by atoms with Crippen molar-refractivity contribution < 1.29 is 13.6 Å². The van der Waals surface area contributed by atoms with Crippen LogP contribution in [0.2, 0.25) is 0 Å². The van der Waals surface area contributed by atoms with Gasteiger partial charge < -0.3 is 11.1 Å². The molecule has 2 rings (SSSR count). The zero-order valence-electron chi connectivity index (χ0n) is 10.9. The van der Waals surface area contributed by atoms with Gasteiger partial charge in [-0.3, -0.25) is 4.79 Å². The largest absolute Gasteiger partial charge is 0.320 e. The molecule has 0 heterocycles. The maximum atomic E-state index is 13.8. The molecular weight excluding hydrogens is 262 g/mol. The van der Waals surface area contributed by atoms with E-state index in [4.69, 9.17) is 5.73 Å². The lowest BCUT2D eigenvalue weighted by molar-refractivity contribution is -0.117. The summed E-state index contributed by atoms with van der Waals surface area (Å²) in [6, 6.07) is 10.0. The maximum absolute atomic E-state index is 13.8. The van der Waals surface area contributed by atoms with Crippen molar-refractivity contribution in [2.45, 2.75) is 13.0 Å². The van der Waals surface area contributed by atoms with Crippen molar-refractivity contribution in [2.75, 3.05) is 5.32 Å². The molecule has 0 unspecified atom stereocenters. The normalized spacial score (nSPS) is 12.0. The van der Waals surface area contributed by atoms with Crippen LogP contribution in [0.4, 0.5) is 14.5 Å². The van der Waals surface area contributed by atoms with Gasteiger partial charge in [0.25, 0.3) is 0 Å². The molecule has 2 aromatic rings. The van der Waals surface area contributed by atoms with Crippen LogP contribution in [0.1, 0.15) is 17.2 Å². The van der Waals surface area contributed by atoms with E-state index in [-0.39, 0.29) is 5.56 Å². The quantitative estimate of drug-likeness (QED) is 0.905. The summed E-state index contributed by atoms with van der Waals surface area (Å²) in [5, 5.41) is 2.20. The molecule has 0 aromatic heterocycles. The van der Waals surface area contributed by atoms with Gasteiger partial charge in [0.2, 0.25) is 5.91 Å². The Morgan fingerprint density at radius 2 is 1.80 bits per heavy atom. The van der Waals surface area contributed by atoms with Crippen molar-refractivity contribution in [3.05, 3.63) is 65.2 Å². The number of nitrogens with two attached hydrogens (primary N) is 1. The number of aryl methyl sites for hydroxylation is 1. The highest BCUT2D eigenvalue weighted by atomic mass is 19.1. The number of benzene rings is 2. The van der Waals surface area contributed by atoms with E-state index in [0.29, 0.717) is 5.56 Å². The average Bonchev–Trinajstić information content (AvgIpc) is 2.47. The first-order valence-electron chi connectivity index (χ1n) is 6.06. The standard InChI is InChI=1S/C15H14F2N2O/c1-9-7-8-11(16)14(12(9)17)19-15(20)13(18)10-5-3-2-4-6-10/h2-8,13H,18H2,1H3,(H,19,20)/t13-/m0/s1. The Labute approximate surface area is 115 Å². The van der Waals surface area contributed by atoms with Crippen LogP contribution in [0.5, 0.6) is 0 Å². The van der Waals surface area contributed by atoms with Gasteiger partial charge in [-0.05, 0) is 24.1 Å². The van der Waals surface area contributed by atoms with Crippen molar-refractivity contribution >= 4 is 11.6 Å². The highest BCUT2D eigenvalue weighted by molar-refractivity contribution is 5.95.